The third kappa shape index (κ3) is 2.64. The number of benzene rings is 1. The van der Waals surface area contributed by atoms with Crippen LogP contribution in [0.1, 0.15) is 42.6 Å². The summed E-state index contributed by atoms with van der Waals surface area (Å²) in [6.45, 7) is 0.781. The van der Waals surface area contributed by atoms with Crippen molar-refractivity contribution in [2.24, 2.45) is 5.92 Å². The molecular formula is C16H21N3O. The van der Waals surface area contributed by atoms with E-state index in [0.29, 0.717) is 17.3 Å². The summed E-state index contributed by atoms with van der Waals surface area (Å²) < 4.78 is 0. The molecule has 0 radical (unpaired) electrons. The second-order valence-corrected chi connectivity index (χ2v) is 5.71. The summed E-state index contributed by atoms with van der Waals surface area (Å²) in [7, 11) is 0. The van der Waals surface area contributed by atoms with Crippen LogP contribution in [0.3, 0.4) is 0 Å². The van der Waals surface area contributed by atoms with E-state index in [4.69, 9.17) is 5.73 Å². The molecule has 4 heteroatoms. The van der Waals surface area contributed by atoms with Gasteiger partial charge in [0.05, 0.1) is 11.2 Å². The Morgan fingerprint density at radius 3 is 2.85 bits per heavy atom. The van der Waals surface area contributed by atoms with Gasteiger partial charge in [0.15, 0.2) is 0 Å². The van der Waals surface area contributed by atoms with Crippen LogP contribution in [0.4, 0.5) is 5.69 Å². The van der Waals surface area contributed by atoms with Gasteiger partial charge in [0, 0.05) is 11.9 Å². The van der Waals surface area contributed by atoms with E-state index in [9.17, 15) is 4.79 Å². The van der Waals surface area contributed by atoms with Crippen molar-refractivity contribution in [2.45, 2.75) is 32.1 Å². The normalized spacial score (nSPS) is 16.4. The van der Waals surface area contributed by atoms with E-state index >= 15 is 0 Å². The zero-order valence-electron chi connectivity index (χ0n) is 11.6. The van der Waals surface area contributed by atoms with Crippen molar-refractivity contribution in [1.29, 1.82) is 0 Å². The number of aromatic nitrogens is 1. The number of hydrogen-bond donors (Lipinski definition) is 3. The van der Waals surface area contributed by atoms with E-state index in [-0.39, 0.29) is 5.91 Å². The topological polar surface area (TPSA) is 70.9 Å². The first-order valence-corrected chi connectivity index (χ1v) is 7.39. The molecule has 3 rings (SSSR count). The number of carbonyl (C=O) groups excluding carboxylic acids is 1. The maximum atomic E-state index is 12.2. The predicted molar refractivity (Wildman–Crippen MR) is 81.6 cm³/mol. The van der Waals surface area contributed by atoms with Gasteiger partial charge in [0.1, 0.15) is 5.69 Å². The first-order valence-electron chi connectivity index (χ1n) is 7.39. The fourth-order valence-corrected chi connectivity index (χ4v) is 3.03. The first-order chi connectivity index (χ1) is 9.74. The van der Waals surface area contributed by atoms with Gasteiger partial charge in [-0.15, -0.1) is 0 Å². The molecule has 4 nitrogen and oxygen atoms in total. The number of aromatic amines is 1. The molecule has 1 fully saturated rings. The number of fused-ring (bicyclic) bond motifs is 1. The number of amides is 1. The molecule has 0 atom stereocenters. The highest BCUT2D eigenvalue weighted by Crippen LogP contribution is 2.23. The molecule has 4 N–H and O–H groups in total. The van der Waals surface area contributed by atoms with E-state index in [1.54, 1.807) is 0 Å². The van der Waals surface area contributed by atoms with Crippen LogP contribution < -0.4 is 11.1 Å². The summed E-state index contributed by atoms with van der Waals surface area (Å²) in [5, 5.41) is 4.02. The molecule has 1 aromatic heterocycles. The molecule has 1 saturated carbocycles. The molecule has 0 bridgehead atoms. The van der Waals surface area contributed by atoms with Gasteiger partial charge >= 0.3 is 0 Å². The van der Waals surface area contributed by atoms with Crippen LogP contribution in [0.15, 0.2) is 24.3 Å². The highest BCUT2D eigenvalue weighted by atomic mass is 16.1. The van der Waals surface area contributed by atoms with E-state index in [2.05, 4.69) is 10.3 Å². The van der Waals surface area contributed by atoms with Crippen molar-refractivity contribution >= 4 is 22.5 Å². The van der Waals surface area contributed by atoms with Crippen LogP contribution in [0, 0.1) is 5.92 Å². The van der Waals surface area contributed by atoms with Crippen molar-refractivity contribution in [3.8, 4) is 0 Å². The molecule has 1 amide bonds. The molecule has 2 aromatic rings. The number of rotatable bonds is 3. The Balaban J connectivity index is 1.67. The summed E-state index contributed by atoms with van der Waals surface area (Å²) in [5.74, 6) is 0.605. The molecule has 0 spiro atoms. The Hall–Kier alpha value is -1.97. The van der Waals surface area contributed by atoms with E-state index in [0.717, 1.165) is 17.4 Å². The Labute approximate surface area is 118 Å². The first kappa shape index (κ1) is 13.0. The maximum absolute atomic E-state index is 12.2. The van der Waals surface area contributed by atoms with Gasteiger partial charge in [-0.3, -0.25) is 4.79 Å². The van der Waals surface area contributed by atoms with Gasteiger partial charge < -0.3 is 16.0 Å². The van der Waals surface area contributed by atoms with Gasteiger partial charge in [-0.05, 0) is 30.9 Å². The minimum Gasteiger partial charge on any atom is -0.397 e. The highest BCUT2D eigenvalue weighted by Gasteiger charge is 2.16. The fourth-order valence-electron chi connectivity index (χ4n) is 3.03. The largest absolute Gasteiger partial charge is 0.397 e. The molecule has 1 heterocycles. The zero-order chi connectivity index (χ0) is 13.9. The van der Waals surface area contributed by atoms with Gasteiger partial charge in [-0.25, -0.2) is 0 Å². The van der Waals surface area contributed by atoms with Crippen molar-refractivity contribution in [2.75, 3.05) is 12.3 Å². The number of nitrogens with two attached hydrogens (primary N) is 1. The number of anilines is 1. The SMILES string of the molecule is Nc1cccc2cc(C(=O)NCC3CCCCC3)[nH]c12. The lowest BCUT2D eigenvalue weighted by Crippen LogP contribution is -2.30. The monoisotopic (exact) mass is 271 g/mol. The molecule has 0 saturated heterocycles. The smallest absolute Gasteiger partial charge is 0.267 e. The highest BCUT2D eigenvalue weighted by molar-refractivity contribution is 6.00. The third-order valence-corrected chi connectivity index (χ3v) is 4.21. The zero-order valence-corrected chi connectivity index (χ0v) is 11.6. The number of carbonyl (C=O) groups is 1. The number of H-pyrrole nitrogens is 1. The van der Waals surface area contributed by atoms with E-state index in [1.807, 2.05) is 24.3 Å². The Morgan fingerprint density at radius 1 is 1.30 bits per heavy atom. The van der Waals surface area contributed by atoms with Crippen molar-refractivity contribution in [3.63, 3.8) is 0 Å². The van der Waals surface area contributed by atoms with Crippen LogP contribution in [-0.2, 0) is 0 Å². The summed E-state index contributed by atoms with van der Waals surface area (Å²) in [4.78, 5) is 15.3. The lowest BCUT2D eigenvalue weighted by atomic mass is 9.89. The summed E-state index contributed by atoms with van der Waals surface area (Å²) in [5.41, 5.74) is 8.01. The van der Waals surface area contributed by atoms with Crippen LogP contribution in [-0.4, -0.2) is 17.4 Å². The number of hydrogen-bond acceptors (Lipinski definition) is 2. The van der Waals surface area contributed by atoms with Crippen LogP contribution in [0.5, 0.6) is 0 Å². The number of nitrogens with one attached hydrogen (secondary N) is 2. The summed E-state index contributed by atoms with van der Waals surface area (Å²) >= 11 is 0. The molecule has 0 unspecified atom stereocenters. The Kier molecular flexibility index (Phi) is 3.63. The van der Waals surface area contributed by atoms with Gasteiger partial charge in [0.25, 0.3) is 5.91 Å². The average Bonchev–Trinajstić information content (AvgIpc) is 2.91. The Bertz CT molecular complexity index is 611. The lowest BCUT2D eigenvalue weighted by molar-refractivity contribution is 0.0939. The van der Waals surface area contributed by atoms with Crippen LogP contribution in [0.25, 0.3) is 10.9 Å². The number of para-hydroxylation sites is 1. The van der Waals surface area contributed by atoms with Crippen molar-refractivity contribution in [3.05, 3.63) is 30.0 Å². The quantitative estimate of drug-likeness (QED) is 0.751. The molecule has 20 heavy (non-hydrogen) atoms. The van der Waals surface area contributed by atoms with Crippen LogP contribution >= 0.6 is 0 Å². The lowest BCUT2D eigenvalue weighted by Gasteiger charge is -2.21. The predicted octanol–water partition coefficient (Wildman–Crippen LogP) is 3.06. The minimum atomic E-state index is -0.0360. The van der Waals surface area contributed by atoms with Crippen molar-refractivity contribution in [1.82, 2.24) is 10.3 Å². The average molecular weight is 271 g/mol. The fraction of sp³-hybridized carbons (Fsp3) is 0.438. The summed E-state index contributed by atoms with van der Waals surface area (Å²) in [6, 6.07) is 7.56. The minimum absolute atomic E-state index is 0.0360. The summed E-state index contributed by atoms with van der Waals surface area (Å²) in [6.07, 6.45) is 6.40. The van der Waals surface area contributed by atoms with Crippen LogP contribution in [0.2, 0.25) is 0 Å². The molecule has 1 aliphatic rings. The molecule has 0 aliphatic heterocycles. The van der Waals surface area contributed by atoms with Gasteiger partial charge in [-0.2, -0.15) is 0 Å². The maximum Gasteiger partial charge on any atom is 0.267 e. The van der Waals surface area contributed by atoms with Gasteiger partial charge in [0.2, 0.25) is 0 Å². The van der Waals surface area contributed by atoms with Crippen molar-refractivity contribution < 1.29 is 4.79 Å². The molecular weight excluding hydrogens is 250 g/mol. The number of nitrogen functional groups attached to an aromatic ring is 1. The second-order valence-electron chi connectivity index (χ2n) is 5.71. The molecule has 1 aliphatic carbocycles. The second kappa shape index (κ2) is 5.57. The van der Waals surface area contributed by atoms with Gasteiger partial charge in [-0.1, -0.05) is 31.4 Å². The van der Waals surface area contributed by atoms with E-state index in [1.165, 1.54) is 32.1 Å². The molecule has 1 aromatic carbocycles. The Morgan fingerprint density at radius 2 is 2.10 bits per heavy atom. The standard InChI is InChI=1S/C16H21N3O/c17-13-8-4-7-12-9-14(19-15(12)13)16(20)18-10-11-5-2-1-3-6-11/h4,7-9,11,19H,1-3,5-6,10,17H2,(H,18,20). The van der Waals surface area contributed by atoms with E-state index < -0.39 is 0 Å². The third-order valence-electron chi connectivity index (χ3n) is 4.21. The molecule has 106 valence electrons.